The molecule has 0 saturated carbocycles. The fourth-order valence-electron chi connectivity index (χ4n) is 1.57. The highest BCUT2D eigenvalue weighted by molar-refractivity contribution is 7.09. The van der Waals surface area contributed by atoms with E-state index in [-0.39, 0.29) is 5.56 Å². The lowest BCUT2D eigenvalue weighted by Crippen LogP contribution is -2.02. The van der Waals surface area contributed by atoms with Crippen LogP contribution in [0.25, 0.3) is 0 Å². The number of aromatic carboxylic acids is 1. The molecule has 0 aliphatic carbocycles. The molecule has 2 rings (SSSR count). The van der Waals surface area contributed by atoms with Gasteiger partial charge in [-0.05, 0) is 36.6 Å². The van der Waals surface area contributed by atoms with Gasteiger partial charge in [-0.3, -0.25) is 0 Å². The first kappa shape index (κ1) is 13.4. The lowest BCUT2D eigenvalue weighted by Gasteiger charge is -2.11. The zero-order valence-corrected chi connectivity index (χ0v) is 11.3. The molecular weight excluding hydrogens is 264 g/mol. The topological polar surface area (TPSA) is 55.8 Å². The predicted molar refractivity (Wildman–Crippen MR) is 73.2 cm³/mol. The SMILES string of the molecule is CCOc1cc(C(=O)O)ccc1OCc1cccs1. The van der Waals surface area contributed by atoms with Crippen molar-refractivity contribution in [3.8, 4) is 11.5 Å². The zero-order chi connectivity index (χ0) is 13.7. The van der Waals surface area contributed by atoms with Crippen molar-refractivity contribution < 1.29 is 19.4 Å². The maximum Gasteiger partial charge on any atom is 0.335 e. The Morgan fingerprint density at radius 1 is 1.26 bits per heavy atom. The van der Waals surface area contributed by atoms with Crippen molar-refractivity contribution in [2.45, 2.75) is 13.5 Å². The molecule has 0 fully saturated rings. The summed E-state index contributed by atoms with van der Waals surface area (Å²) in [6.07, 6.45) is 0. The highest BCUT2D eigenvalue weighted by Gasteiger charge is 2.10. The number of rotatable bonds is 6. The third kappa shape index (κ3) is 3.48. The van der Waals surface area contributed by atoms with Gasteiger partial charge in [-0.2, -0.15) is 0 Å². The van der Waals surface area contributed by atoms with Crippen LogP contribution in [0.15, 0.2) is 35.7 Å². The Bertz CT molecular complexity index is 549. The van der Waals surface area contributed by atoms with Crippen LogP contribution in [0.4, 0.5) is 0 Å². The Hall–Kier alpha value is -2.01. The lowest BCUT2D eigenvalue weighted by atomic mass is 10.2. The maximum absolute atomic E-state index is 10.9. The van der Waals surface area contributed by atoms with Crippen LogP contribution >= 0.6 is 11.3 Å². The summed E-state index contributed by atoms with van der Waals surface area (Å²) in [6, 6.07) is 8.56. The van der Waals surface area contributed by atoms with Crippen molar-refractivity contribution in [2.24, 2.45) is 0 Å². The van der Waals surface area contributed by atoms with Crippen LogP contribution in [0.5, 0.6) is 11.5 Å². The zero-order valence-electron chi connectivity index (χ0n) is 10.5. The van der Waals surface area contributed by atoms with Gasteiger partial charge in [0.2, 0.25) is 0 Å². The van der Waals surface area contributed by atoms with Crippen LogP contribution in [0.2, 0.25) is 0 Å². The van der Waals surface area contributed by atoms with Gasteiger partial charge in [0.25, 0.3) is 0 Å². The van der Waals surface area contributed by atoms with E-state index in [0.29, 0.717) is 24.7 Å². The van der Waals surface area contributed by atoms with Gasteiger partial charge in [-0.15, -0.1) is 11.3 Å². The van der Waals surface area contributed by atoms with Crippen LogP contribution in [0.1, 0.15) is 22.2 Å². The summed E-state index contributed by atoms with van der Waals surface area (Å²) >= 11 is 1.61. The van der Waals surface area contributed by atoms with Gasteiger partial charge in [-0.25, -0.2) is 4.79 Å². The number of thiophene rings is 1. The molecule has 100 valence electrons. The normalized spacial score (nSPS) is 10.2. The quantitative estimate of drug-likeness (QED) is 0.879. The second-order valence-electron chi connectivity index (χ2n) is 3.77. The fraction of sp³-hybridized carbons (Fsp3) is 0.214. The smallest absolute Gasteiger partial charge is 0.335 e. The molecule has 0 bridgehead atoms. The predicted octanol–water partition coefficient (Wildman–Crippen LogP) is 3.42. The Balaban J connectivity index is 2.16. The van der Waals surface area contributed by atoms with Gasteiger partial charge >= 0.3 is 5.97 Å². The van der Waals surface area contributed by atoms with E-state index >= 15 is 0 Å². The minimum Gasteiger partial charge on any atom is -0.490 e. The van der Waals surface area contributed by atoms with Crippen molar-refractivity contribution >= 4 is 17.3 Å². The van der Waals surface area contributed by atoms with Gasteiger partial charge in [0.05, 0.1) is 12.2 Å². The number of hydrogen-bond acceptors (Lipinski definition) is 4. The molecule has 1 aromatic heterocycles. The maximum atomic E-state index is 10.9. The van der Waals surface area contributed by atoms with Crippen LogP contribution in [0.3, 0.4) is 0 Å². The molecule has 0 amide bonds. The largest absolute Gasteiger partial charge is 0.490 e. The minimum atomic E-state index is -0.981. The first-order valence-electron chi connectivity index (χ1n) is 5.86. The summed E-state index contributed by atoms with van der Waals surface area (Å²) in [5, 5.41) is 10.9. The molecule has 5 heteroatoms. The average molecular weight is 278 g/mol. The third-order valence-electron chi connectivity index (χ3n) is 2.44. The molecule has 1 N–H and O–H groups in total. The number of hydrogen-bond donors (Lipinski definition) is 1. The average Bonchev–Trinajstić information content (AvgIpc) is 2.90. The van der Waals surface area contributed by atoms with E-state index in [9.17, 15) is 4.79 Å². The molecule has 0 unspecified atom stereocenters. The Labute approximate surface area is 115 Å². The van der Waals surface area contributed by atoms with E-state index in [2.05, 4.69) is 0 Å². The van der Waals surface area contributed by atoms with Gasteiger partial charge in [0, 0.05) is 4.88 Å². The first-order chi connectivity index (χ1) is 9.20. The molecule has 2 aromatic rings. The molecule has 0 aliphatic rings. The van der Waals surface area contributed by atoms with Crippen molar-refractivity contribution in [1.29, 1.82) is 0 Å². The van der Waals surface area contributed by atoms with E-state index < -0.39 is 5.97 Å². The Kier molecular flexibility index (Phi) is 4.41. The van der Waals surface area contributed by atoms with Gasteiger partial charge in [0.15, 0.2) is 11.5 Å². The van der Waals surface area contributed by atoms with E-state index in [0.717, 1.165) is 4.88 Å². The second-order valence-corrected chi connectivity index (χ2v) is 4.80. The standard InChI is InChI=1S/C14H14O4S/c1-2-17-13-8-10(14(15)16)5-6-12(13)18-9-11-4-3-7-19-11/h3-8H,2,9H2,1H3,(H,15,16). The number of carboxylic acid groups (broad SMARTS) is 1. The molecule has 0 aliphatic heterocycles. The first-order valence-corrected chi connectivity index (χ1v) is 6.74. The van der Waals surface area contributed by atoms with E-state index in [4.69, 9.17) is 14.6 Å². The monoisotopic (exact) mass is 278 g/mol. The minimum absolute atomic E-state index is 0.187. The highest BCUT2D eigenvalue weighted by Crippen LogP contribution is 2.29. The highest BCUT2D eigenvalue weighted by atomic mass is 32.1. The number of benzene rings is 1. The van der Waals surface area contributed by atoms with Gasteiger partial charge in [0.1, 0.15) is 6.61 Å². The fourth-order valence-corrected chi connectivity index (χ4v) is 2.19. The van der Waals surface area contributed by atoms with Crippen LogP contribution in [0, 0.1) is 0 Å². The molecule has 1 heterocycles. The Morgan fingerprint density at radius 2 is 2.11 bits per heavy atom. The Morgan fingerprint density at radius 3 is 2.74 bits per heavy atom. The van der Waals surface area contributed by atoms with E-state index in [1.165, 1.54) is 12.1 Å². The van der Waals surface area contributed by atoms with E-state index in [1.54, 1.807) is 17.4 Å². The summed E-state index contributed by atoms with van der Waals surface area (Å²) < 4.78 is 11.1. The molecular formula is C14H14O4S. The summed E-state index contributed by atoms with van der Waals surface area (Å²) in [5.74, 6) is 0.0324. The van der Waals surface area contributed by atoms with Crippen LogP contribution in [-0.2, 0) is 6.61 Å². The molecule has 0 saturated heterocycles. The summed E-state index contributed by atoms with van der Waals surface area (Å²) in [7, 11) is 0. The van der Waals surface area contributed by atoms with Gasteiger partial charge < -0.3 is 14.6 Å². The molecule has 0 radical (unpaired) electrons. The van der Waals surface area contributed by atoms with Crippen molar-refractivity contribution in [2.75, 3.05) is 6.61 Å². The molecule has 19 heavy (non-hydrogen) atoms. The summed E-state index contributed by atoms with van der Waals surface area (Å²) in [6.45, 7) is 2.75. The molecule has 0 atom stereocenters. The van der Waals surface area contributed by atoms with Crippen molar-refractivity contribution in [3.05, 3.63) is 46.2 Å². The van der Waals surface area contributed by atoms with Gasteiger partial charge in [-0.1, -0.05) is 6.07 Å². The number of ether oxygens (including phenoxy) is 2. The van der Waals surface area contributed by atoms with Crippen molar-refractivity contribution in [3.63, 3.8) is 0 Å². The second kappa shape index (κ2) is 6.24. The number of carboxylic acids is 1. The van der Waals surface area contributed by atoms with Crippen LogP contribution in [-0.4, -0.2) is 17.7 Å². The van der Waals surface area contributed by atoms with E-state index in [1.807, 2.05) is 24.4 Å². The summed E-state index contributed by atoms with van der Waals surface area (Å²) in [4.78, 5) is 12.0. The molecule has 1 aromatic carbocycles. The summed E-state index contributed by atoms with van der Waals surface area (Å²) in [5.41, 5.74) is 0.187. The lowest BCUT2D eigenvalue weighted by molar-refractivity contribution is 0.0696. The van der Waals surface area contributed by atoms with Crippen LogP contribution < -0.4 is 9.47 Å². The van der Waals surface area contributed by atoms with Crippen molar-refractivity contribution in [1.82, 2.24) is 0 Å². The number of carbonyl (C=O) groups is 1. The molecule has 4 nitrogen and oxygen atoms in total. The molecule has 0 spiro atoms. The third-order valence-corrected chi connectivity index (χ3v) is 3.29.